The molecule has 10 heteroatoms. The Morgan fingerprint density at radius 2 is 1.53 bits per heavy atom. The van der Waals surface area contributed by atoms with Crippen LogP contribution in [0, 0.1) is 0 Å². The Balaban J connectivity index is 1.24. The van der Waals surface area contributed by atoms with Crippen molar-refractivity contribution in [2.24, 2.45) is 0 Å². The largest absolute Gasteiger partial charge is 0.490 e. The first-order valence-electron chi connectivity index (χ1n) is 11.6. The van der Waals surface area contributed by atoms with Crippen molar-refractivity contribution in [3.05, 3.63) is 95.3 Å². The Bertz CT molecular complexity index is 1270. The number of hydrogen-bond donors (Lipinski definition) is 1. The van der Waals surface area contributed by atoms with E-state index in [0.717, 1.165) is 31.9 Å². The number of aliphatic hydroxyl groups is 1. The summed E-state index contributed by atoms with van der Waals surface area (Å²) in [6.07, 6.45) is 6.61. The van der Waals surface area contributed by atoms with Crippen LogP contribution in [0.25, 0.3) is 0 Å². The van der Waals surface area contributed by atoms with Crippen LogP contribution in [0.3, 0.4) is 0 Å². The molecule has 1 aliphatic rings. The van der Waals surface area contributed by atoms with E-state index in [0.29, 0.717) is 21.4 Å². The first kappa shape index (κ1) is 24.4. The molecular weight excluding hydrogens is 499 g/mol. The molecule has 0 aliphatic carbocycles. The van der Waals surface area contributed by atoms with Gasteiger partial charge in [0.25, 0.3) is 0 Å². The fourth-order valence-corrected chi connectivity index (χ4v) is 4.98. The van der Waals surface area contributed by atoms with Gasteiger partial charge in [0.05, 0.1) is 6.54 Å². The Morgan fingerprint density at radius 3 is 2.14 bits per heavy atom. The van der Waals surface area contributed by atoms with Gasteiger partial charge in [0.1, 0.15) is 30.6 Å². The van der Waals surface area contributed by atoms with E-state index >= 15 is 0 Å². The molecule has 0 saturated carbocycles. The number of rotatable bonds is 8. The fourth-order valence-electron chi connectivity index (χ4n) is 4.39. The standard InChI is InChI=1S/C26H26Cl2N6O2/c27-20-1-6-24(25(28)15-20)26(35,16-34-19-30-18-31-34)17-36-23-4-2-21(3-5-23)32-11-13-33(14-12-32)22-7-9-29-10-8-22/h1-10,15,18-19,35H,11-14,16-17H2. The highest BCUT2D eigenvalue weighted by Crippen LogP contribution is 2.33. The van der Waals surface area contributed by atoms with Crippen molar-refractivity contribution in [1.82, 2.24) is 19.7 Å². The number of hydrogen-bond acceptors (Lipinski definition) is 7. The third-order valence-corrected chi connectivity index (χ3v) is 6.86. The summed E-state index contributed by atoms with van der Waals surface area (Å²) in [7, 11) is 0. The lowest BCUT2D eigenvalue weighted by Crippen LogP contribution is -2.46. The zero-order valence-corrected chi connectivity index (χ0v) is 21.1. The zero-order chi connectivity index (χ0) is 25.0. The molecule has 1 aliphatic heterocycles. The van der Waals surface area contributed by atoms with Crippen LogP contribution in [0.1, 0.15) is 5.56 Å². The van der Waals surface area contributed by atoms with E-state index in [2.05, 4.69) is 24.9 Å². The molecule has 186 valence electrons. The topological polar surface area (TPSA) is 79.5 Å². The third-order valence-electron chi connectivity index (χ3n) is 6.31. The van der Waals surface area contributed by atoms with Gasteiger partial charge in [-0.15, -0.1) is 0 Å². The molecule has 5 rings (SSSR count). The van der Waals surface area contributed by atoms with Gasteiger partial charge in [-0.05, 0) is 48.5 Å². The first-order valence-corrected chi connectivity index (χ1v) is 12.4. The molecule has 1 fully saturated rings. The lowest BCUT2D eigenvalue weighted by Gasteiger charge is -2.37. The van der Waals surface area contributed by atoms with Gasteiger partial charge in [-0.2, -0.15) is 5.10 Å². The predicted molar refractivity (Wildman–Crippen MR) is 141 cm³/mol. The number of aromatic nitrogens is 4. The average molecular weight is 525 g/mol. The van der Waals surface area contributed by atoms with E-state index in [1.54, 1.807) is 22.9 Å². The fraction of sp³-hybridized carbons (Fsp3) is 0.269. The van der Waals surface area contributed by atoms with Gasteiger partial charge in [-0.25, -0.2) is 9.67 Å². The van der Waals surface area contributed by atoms with Crippen LogP contribution in [0.4, 0.5) is 11.4 Å². The second-order valence-corrected chi connectivity index (χ2v) is 9.55. The lowest BCUT2D eigenvalue weighted by atomic mass is 9.94. The second-order valence-electron chi connectivity index (χ2n) is 8.71. The van der Waals surface area contributed by atoms with Crippen molar-refractivity contribution >= 4 is 34.6 Å². The van der Waals surface area contributed by atoms with Crippen LogP contribution in [0.2, 0.25) is 10.0 Å². The maximum atomic E-state index is 11.6. The van der Waals surface area contributed by atoms with Gasteiger partial charge >= 0.3 is 0 Å². The Labute approximate surface area is 219 Å². The molecule has 4 aromatic rings. The SMILES string of the molecule is OC(COc1ccc(N2CCN(c3ccncc3)CC2)cc1)(Cn1cncn1)c1ccc(Cl)cc1Cl. The zero-order valence-electron chi connectivity index (χ0n) is 19.5. The molecule has 0 spiro atoms. The minimum absolute atomic E-state index is 0.0296. The number of ether oxygens (including phenoxy) is 1. The van der Waals surface area contributed by atoms with Crippen LogP contribution < -0.4 is 14.5 Å². The molecule has 8 nitrogen and oxygen atoms in total. The summed E-state index contributed by atoms with van der Waals surface area (Å²) < 4.78 is 7.59. The van der Waals surface area contributed by atoms with Crippen LogP contribution >= 0.6 is 23.2 Å². The van der Waals surface area contributed by atoms with Gasteiger partial charge in [0, 0.05) is 65.6 Å². The van der Waals surface area contributed by atoms with Gasteiger partial charge in [-0.3, -0.25) is 4.98 Å². The van der Waals surface area contributed by atoms with Crippen molar-refractivity contribution in [3.63, 3.8) is 0 Å². The van der Waals surface area contributed by atoms with Crippen LogP contribution in [-0.2, 0) is 12.1 Å². The van der Waals surface area contributed by atoms with Gasteiger partial charge in [-0.1, -0.05) is 29.3 Å². The molecule has 0 amide bonds. The Kier molecular flexibility index (Phi) is 7.27. The molecular formula is C26H26Cl2N6O2. The smallest absolute Gasteiger partial charge is 0.144 e. The molecule has 3 heterocycles. The molecule has 1 unspecified atom stereocenters. The summed E-state index contributed by atoms with van der Waals surface area (Å²) in [4.78, 5) is 12.8. The quantitative estimate of drug-likeness (QED) is 0.368. The Morgan fingerprint density at radius 1 is 0.861 bits per heavy atom. The molecule has 0 radical (unpaired) electrons. The van der Waals surface area contributed by atoms with E-state index in [1.807, 2.05) is 48.8 Å². The van der Waals surface area contributed by atoms with Crippen molar-refractivity contribution in [2.45, 2.75) is 12.1 Å². The molecule has 36 heavy (non-hydrogen) atoms. The predicted octanol–water partition coefficient (Wildman–Crippen LogP) is 4.27. The minimum Gasteiger partial charge on any atom is -0.490 e. The highest BCUT2D eigenvalue weighted by molar-refractivity contribution is 6.35. The number of piperazine rings is 1. The van der Waals surface area contributed by atoms with Crippen LogP contribution in [0.15, 0.2) is 79.6 Å². The highest BCUT2D eigenvalue weighted by atomic mass is 35.5. The normalized spacial score (nSPS) is 15.5. The maximum absolute atomic E-state index is 11.6. The van der Waals surface area contributed by atoms with Crippen LogP contribution in [-0.4, -0.2) is 57.6 Å². The van der Waals surface area contributed by atoms with Crippen molar-refractivity contribution in [2.75, 3.05) is 42.6 Å². The average Bonchev–Trinajstić information content (AvgIpc) is 3.41. The monoisotopic (exact) mass is 524 g/mol. The van der Waals surface area contributed by atoms with Gasteiger partial charge in [0.2, 0.25) is 0 Å². The van der Waals surface area contributed by atoms with Gasteiger partial charge < -0.3 is 19.6 Å². The van der Waals surface area contributed by atoms with Crippen molar-refractivity contribution < 1.29 is 9.84 Å². The van der Waals surface area contributed by atoms with E-state index < -0.39 is 5.60 Å². The third kappa shape index (κ3) is 5.56. The maximum Gasteiger partial charge on any atom is 0.144 e. The molecule has 2 aromatic carbocycles. The van der Waals surface area contributed by atoms with Crippen molar-refractivity contribution in [1.29, 1.82) is 0 Å². The Hall–Kier alpha value is -3.33. The molecule has 1 atom stereocenters. The molecule has 1 N–H and O–H groups in total. The number of pyridine rings is 1. The van der Waals surface area contributed by atoms with E-state index in [1.165, 1.54) is 18.3 Å². The number of anilines is 2. The summed E-state index contributed by atoms with van der Waals surface area (Å²) in [6, 6.07) is 17.0. The highest BCUT2D eigenvalue weighted by Gasteiger charge is 2.34. The van der Waals surface area contributed by atoms with Crippen molar-refractivity contribution in [3.8, 4) is 5.75 Å². The number of nitrogens with zero attached hydrogens (tertiary/aromatic N) is 6. The van der Waals surface area contributed by atoms with E-state index in [9.17, 15) is 5.11 Å². The first-order chi connectivity index (χ1) is 17.5. The lowest BCUT2D eigenvalue weighted by molar-refractivity contribution is -0.0269. The summed E-state index contributed by atoms with van der Waals surface area (Å²) in [5.41, 5.74) is 1.40. The number of benzene rings is 2. The van der Waals surface area contributed by atoms with Crippen LogP contribution in [0.5, 0.6) is 5.75 Å². The summed E-state index contributed by atoms with van der Waals surface area (Å²) in [5.74, 6) is 0.649. The molecule has 1 saturated heterocycles. The molecule has 2 aromatic heterocycles. The minimum atomic E-state index is -1.45. The summed E-state index contributed by atoms with van der Waals surface area (Å²) >= 11 is 12.5. The summed E-state index contributed by atoms with van der Waals surface area (Å²) in [5, 5.41) is 16.6. The van der Waals surface area contributed by atoms with E-state index in [-0.39, 0.29) is 13.2 Å². The van der Waals surface area contributed by atoms with Gasteiger partial charge in [0.15, 0.2) is 0 Å². The second kappa shape index (κ2) is 10.7. The summed E-state index contributed by atoms with van der Waals surface area (Å²) in [6.45, 7) is 3.83. The number of halogens is 2. The molecule has 0 bridgehead atoms. The van der Waals surface area contributed by atoms with E-state index in [4.69, 9.17) is 27.9 Å².